The van der Waals surface area contributed by atoms with Crippen molar-refractivity contribution in [3.05, 3.63) is 127 Å². The van der Waals surface area contributed by atoms with Gasteiger partial charge in [-0.1, -0.05) is 18.2 Å². The van der Waals surface area contributed by atoms with E-state index in [9.17, 15) is 13.6 Å². The number of carbonyl (C=O) groups excluding carboxylic acids is 1. The zero-order valence-corrected chi connectivity index (χ0v) is 26.5. The molecule has 0 spiro atoms. The number of benzene rings is 4. The van der Waals surface area contributed by atoms with Gasteiger partial charge in [0.15, 0.2) is 0 Å². The number of hydrogen-bond donors (Lipinski definition) is 1. The van der Waals surface area contributed by atoms with E-state index in [1.807, 2.05) is 66.7 Å². The van der Waals surface area contributed by atoms with Gasteiger partial charge in [-0.25, -0.2) is 23.2 Å². The summed E-state index contributed by atoms with van der Waals surface area (Å²) >= 11 is 0. The first kappa shape index (κ1) is 32.0. The van der Waals surface area contributed by atoms with Crippen LogP contribution in [0.3, 0.4) is 0 Å². The van der Waals surface area contributed by atoms with E-state index in [-0.39, 0.29) is 25.3 Å². The molecule has 2 fully saturated rings. The Morgan fingerprint density at radius 2 is 1.57 bits per heavy atom. The number of carbonyl (C=O) groups is 1. The van der Waals surface area contributed by atoms with Crippen LogP contribution in [0.5, 0.6) is 11.5 Å². The third-order valence-corrected chi connectivity index (χ3v) is 8.39. The summed E-state index contributed by atoms with van der Waals surface area (Å²) < 4.78 is 53.6. The first-order valence-electron chi connectivity index (χ1n) is 15.9. The minimum absolute atomic E-state index is 0.0299. The van der Waals surface area contributed by atoms with Gasteiger partial charge in [0.05, 0.1) is 6.61 Å². The number of nitrogens with one attached hydrogen (secondary N) is 1. The molecule has 1 aromatic heterocycles. The summed E-state index contributed by atoms with van der Waals surface area (Å²) in [7, 11) is 0. The minimum Gasteiger partial charge on any atom is -0.491 e. The van der Waals surface area contributed by atoms with Crippen LogP contribution in [0.4, 0.5) is 30.6 Å². The second kappa shape index (κ2) is 14.3. The topological polar surface area (TPSA) is 103 Å². The lowest BCUT2D eigenvalue weighted by Crippen LogP contribution is -2.46. The molecule has 1 N–H and O–H groups in total. The van der Waals surface area contributed by atoms with Crippen LogP contribution in [0.15, 0.2) is 110 Å². The van der Waals surface area contributed by atoms with Crippen molar-refractivity contribution in [3.8, 4) is 11.5 Å². The second-order valence-electron chi connectivity index (χ2n) is 11.7. The number of piperazine rings is 1. The van der Waals surface area contributed by atoms with E-state index in [1.165, 1.54) is 29.5 Å². The molecule has 11 nitrogen and oxygen atoms in total. The fourth-order valence-electron chi connectivity index (χ4n) is 5.94. The number of anilines is 3. The van der Waals surface area contributed by atoms with Gasteiger partial charge in [-0.05, 0) is 72.8 Å². The molecule has 2 unspecified atom stereocenters. The van der Waals surface area contributed by atoms with Crippen LogP contribution in [-0.4, -0.2) is 66.4 Å². The first-order chi connectivity index (χ1) is 23.9. The van der Waals surface area contributed by atoms with E-state index in [4.69, 9.17) is 18.9 Å². The monoisotopic (exact) mass is 668 g/mol. The van der Waals surface area contributed by atoms with Crippen molar-refractivity contribution in [2.75, 3.05) is 54.5 Å². The molecule has 2 aliphatic heterocycles. The molecule has 252 valence electrons. The Hall–Kier alpha value is -5.53. The highest BCUT2D eigenvalue weighted by atomic mass is 19.1. The van der Waals surface area contributed by atoms with Crippen LogP contribution in [0.25, 0.3) is 0 Å². The number of aromatic nitrogens is 3. The van der Waals surface area contributed by atoms with E-state index < -0.39 is 29.6 Å². The summed E-state index contributed by atoms with van der Waals surface area (Å²) in [6, 6.07) is 27.8. The molecule has 4 aromatic carbocycles. The molecule has 1 amide bonds. The second-order valence-corrected chi connectivity index (χ2v) is 11.7. The molecule has 0 saturated carbocycles. The summed E-state index contributed by atoms with van der Waals surface area (Å²) in [6.07, 6.45) is 1.80. The average Bonchev–Trinajstić information content (AvgIpc) is 3.79. The van der Waals surface area contributed by atoms with Crippen LogP contribution in [0, 0.1) is 11.6 Å². The Bertz CT molecular complexity index is 1840. The van der Waals surface area contributed by atoms with Crippen molar-refractivity contribution in [2.45, 2.75) is 18.4 Å². The lowest BCUT2D eigenvalue weighted by molar-refractivity contribution is -0.192. The van der Waals surface area contributed by atoms with Gasteiger partial charge in [-0.3, -0.25) is 5.32 Å². The lowest BCUT2D eigenvalue weighted by Gasteiger charge is -2.37. The maximum Gasteiger partial charge on any atom is 0.417 e. The van der Waals surface area contributed by atoms with Crippen LogP contribution >= 0.6 is 0 Å². The first-order valence-corrected chi connectivity index (χ1v) is 15.9. The third kappa shape index (κ3) is 7.63. The number of hydrogen-bond acceptors (Lipinski definition) is 9. The van der Waals surface area contributed by atoms with Crippen molar-refractivity contribution >= 4 is 23.2 Å². The van der Waals surface area contributed by atoms with E-state index in [0.29, 0.717) is 17.2 Å². The maximum atomic E-state index is 14.9. The molecular formula is C36H34F2N6O5. The smallest absolute Gasteiger partial charge is 0.417 e. The molecule has 5 aromatic rings. The number of ether oxygens (including phenoxy) is 4. The van der Waals surface area contributed by atoms with E-state index in [2.05, 4.69) is 25.2 Å². The zero-order chi connectivity index (χ0) is 33.6. The molecule has 7 rings (SSSR count). The Morgan fingerprint density at radius 3 is 2.22 bits per heavy atom. The predicted octanol–water partition coefficient (Wildman–Crippen LogP) is 5.84. The summed E-state index contributed by atoms with van der Waals surface area (Å²) in [4.78, 5) is 20.8. The number of amides is 1. The highest BCUT2D eigenvalue weighted by Crippen LogP contribution is 2.38. The van der Waals surface area contributed by atoms with Gasteiger partial charge >= 0.3 is 6.09 Å². The summed E-state index contributed by atoms with van der Waals surface area (Å²) in [5.74, 6) is -1.83. The Kier molecular flexibility index (Phi) is 9.35. The quantitative estimate of drug-likeness (QED) is 0.197. The zero-order valence-electron chi connectivity index (χ0n) is 26.5. The van der Waals surface area contributed by atoms with Gasteiger partial charge in [0.1, 0.15) is 55.0 Å². The Balaban J connectivity index is 0.893. The fourth-order valence-corrected chi connectivity index (χ4v) is 5.94. The molecule has 2 saturated heterocycles. The minimum atomic E-state index is -1.51. The van der Waals surface area contributed by atoms with Gasteiger partial charge in [-0.2, -0.15) is 5.10 Å². The molecule has 49 heavy (non-hydrogen) atoms. The third-order valence-electron chi connectivity index (χ3n) is 8.39. The van der Waals surface area contributed by atoms with Crippen LogP contribution in [0.1, 0.15) is 5.56 Å². The van der Waals surface area contributed by atoms with Gasteiger partial charge in [0.25, 0.3) is 0 Å². The predicted molar refractivity (Wildman–Crippen MR) is 178 cm³/mol. The van der Waals surface area contributed by atoms with E-state index in [0.717, 1.165) is 43.6 Å². The molecule has 3 heterocycles. The van der Waals surface area contributed by atoms with Gasteiger partial charge in [0, 0.05) is 54.9 Å². The van der Waals surface area contributed by atoms with Crippen molar-refractivity contribution in [1.82, 2.24) is 14.8 Å². The average molecular weight is 669 g/mol. The highest BCUT2D eigenvalue weighted by molar-refractivity contribution is 5.86. The lowest BCUT2D eigenvalue weighted by atomic mass is 10.0. The van der Waals surface area contributed by atoms with Crippen molar-refractivity contribution in [1.29, 1.82) is 0 Å². The number of rotatable bonds is 10. The summed E-state index contributed by atoms with van der Waals surface area (Å²) in [6.45, 7) is 3.70. The normalized spacial score (nSPS) is 19.1. The van der Waals surface area contributed by atoms with Crippen LogP contribution in [0.2, 0.25) is 0 Å². The van der Waals surface area contributed by atoms with E-state index in [1.54, 1.807) is 12.1 Å². The standard InChI is InChI=1S/C36H34F2N6O5/c37-26-6-15-33(34(38)20-26)36(23-44-25-39-24-40-44)47-22-32(49-36)21-46-30-13-11-29(12-14-30)43-18-16-42(17-19-43)28-9-7-27(8-10-28)41-35(45)48-31-4-2-1-3-5-31/h1-15,20,24-25,32H,16-19,21-23H2,(H,41,45). The molecule has 0 radical (unpaired) electrons. The Morgan fingerprint density at radius 1 is 0.878 bits per heavy atom. The van der Waals surface area contributed by atoms with Gasteiger partial charge < -0.3 is 28.7 Å². The molecule has 2 atom stereocenters. The van der Waals surface area contributed by atoms with Gasteiger partial charge in [-0.15, -0.1) is 0 Å². The number of nitrogens with zero attached hydrogens (tertiary/aromatic N) is 5. The highest BCUT2D eigenvalue weighted by Gasteiger charge is 2.46. The number of para-hydroxylation sites is 1. The van der Waals surface area contributed by atoms with Crippen molar-refractivity contribution < 1.29 is 32.5 Å². The molecule has 13 heteroatoms. The van der Waals surface area contributed by atoms with Crippen LogP contribution in [-0.2, 0) is 21.8 Å². The van der Waals surface area contributed by atoms with E-state index >= 15 is 0 Å². The Labute approximate surface area is 281 Å². The van der Waals surface area contributed by atoms with Crippen LogP contribution < -0.4 is 24.6 Å². The fraction of sp³-hybridized carbons (Fsp3) is 0.250. The molecule has 0 aliphatic carbocycles. The number of halogens is 2. The summed E-state index contributed by atoms with van der Waals surface area (Å²) in [5.41, 5.74) is 2.90. The van der Waals surface area contributed by atoms with Crippen molar-refractivity contribution in [3.63, 3.8) is 0 Å². The van der Waals surface area contributed by atoms with Crippen molar-refractivity contribution in [2.24, 2.45) is 0 Å². The maximum absolute atomic E-state index is 14.9. The molecule has 2 aliphatic rings. The molecular weight excluding hydrogens is 634 g/mol. The SMILES string of the molecule is O=C(Nc1ccc(N2CCN(c3ccc(OCC4COC(Cn5cncn5)(c5ccc(F)cc5F)O4)cc3)CC2)cc1)Oc1ccccc1. The molecule has 0 bridgehead atoms. The summed E-state index contributed by atoms with van der Waals surface area (Å²) in [5, 5.41) is 6.86. The largest absolute Gasteiger partial charge is 0.491 e. The van der Waals surface area contributed by atoms with Gasteiger partial charge in [0.2, 0.25) is 5.79 Å².